The molecular formula is C22H28N4O3S2. The number of hydrogen-bond acceptors (Lipinski definition) is 7. The van der Waals surface area contributed by atoms with E-state index in [2.05, 4.69) is 28.9 Å². The van der Waals surface area contributed by atoms with E-state index < -0.39 is 10.0 Å². The molecule has 0 aliphatic carbocycles. The molecule has 2 aromatic heterocycles. The number of thiophene rings is 1. The molecular weight excluding hydrogens is 432 g/mol. The molecule has 0 radical (unpaired) electrons. The van der Waals surface area contributed by atoms with Crippen LogP contribution in [0.15, 0.2) is 51.1 Å². The third-order valence-corrected chi connectivity index (χ3v) is 8.82. The van der Waals surface area contributed by atoms with Gasteiger partial charge < -0.3 is 4.42 Å². The highest BCUT2D eigenvalue weighted by Crippen LogP contribution is 2.28. The minimum absolute atomic E-state index is 0.0686. The van der Waals surface area contributed by atoms with E-state index in [1.54, 1.807) is 27.8 Å². The number of sulfonamides is 1. The molecule has 166 valence electrons. The van der Waals surface area contributed by atoms with Gasteiger partial charge in [-0.2, -0.15) is 4.31 Å². The predicted molar refractivity (Wildman–Crippen MR) is 122 cm³/mol. The smallest absolute Gasteiger partial charge is 0.257 e. The van der Waals surface area contributed by atoms with Gasteiger partial charge in [0, 0.05) is 26.2 Å². The van der Waals surface area contributed by atoms with Gasteiger partial charge in [0.1, 0.15) is 0 Å². The van der Waals surface area contributed by atoms with Gasteiger partial charge >= 0.3 is 0 Å². The third kappa shape index (κ3) is 4.59. The van der Waals surface area contributed by atoms with E-state index in [0.717, 1.165) is 11.3 Å². The zero-order chi connectivity index (χ0) is 22.0. The monoisotopic (exact) mass is 460 g/mol. The molecule has 7 nitrogen and oxygen atoms in total. The van der Waals surface area contributed by atoms with E-state index in [4.69, 9.17) is 4.42 Å². The van der Waals surface area contributed by atoms with Crippen LogP contribution in [0.3, 0.4) is 0 Å². The normalized spacial score (nSPS) is 18.2. The summed E-state index contributed by atoms with van der Waals surface area (Å²) in [5.41, 5.74) is 1.17. The summed E-state index contributed by atoms with van der Waals surface area (Å²) in [4.78, 5) is 3.49. The molecule has 1 aliphatic rings. The number of rotatable bonds is 7. The molecule has 0 N–H and O–H groups in total. The summed E-state index contributed by atoms with van der Waals surface area (Å²) < 4.78 is 33.6. The maximum absolute atomic E-state index is 13.1. The maximum atomic E-state index is 13.1. The van der Waals surface area contributed by atoms with Crippen LogP contribution in [0.2, 0.25) is 0 Å². The summed E-state index contributed by atoms with van der Waals surface area (Å²) in [5.74, 6) is 1.51. The molecule has 4 rings (SSSR count). The molecule has 0 unspecified atom stereocenters. The van der Waals surface area contributed by atoms with Crippen molar-refractivity contribution in [3.05, 3.63) is 53.2 Å². The van der Waals surface area contributed by atoms with Crippen LogP contribution < -0.4 is 0 Å². The van der Waals surface area contributed by atoms with Crippen LogP contribution >= 0.6 is 11.3 Å². The van der Waals surface area contributed by atoms with Crippen LogP contribution in [0.4, 0.5) is 0 Å². The first-order valence-corrected chi connectivity index (χ1v) is 12.9. The Balaban J connectivity index is 1.39. The topological polar surface area (TPSA) is 79.5 Å². The quantitative estimate of drug-likeness (QED) is 0.521. The molecule has 3 aromatic rings. The van der Waals surface area contributed by atoms with E-state index >= 15 is 0 Å². The summed E-state index contributed by atoms with van der Waals surface area (Å²) in [6, 6.07) is 11.2. The number of piperazine rings is 1. The number of nitrogens with zero attached hydrogens (tertiary/aromatic N) is 4. The first-order chi connectivity index (χ1) is 14.9. The average molecular weight is 461 g/mol. The lowest BCUT2D eigenvalue weighted by atomic mass is 9.99. The summed E-state index contributed by atoms with van der Waals surface area (Å²) in [6.45, 7) is 8.40. The summed E-state index contributed by atoms with van der Waals surface area (Å²) in [7, 11) is -3.49. The Kier molecular flexibility index (Phi) is 6.57. The van der Waals surface area contributed by atoms with Gasteiger partial charge in [-0.15, -0.1) is 21.5 Å². The lowest BCUT2D eigenvalue weighted by molar-refractivity contribution is 0.129. The van der Waals surface area contributed by atoms with Crippen molar-refractivity contribution in [1.29, 1.82) is 0 Å². The van der Waals surface area contributed by atoms with Gasteiger partial charge in [0.05, 0.1) is 15.8 Å². The zero-order valence-corrected chi connectivity index (χ0v) is 19.7. The molecule has 0 bridgehead atoms. The van der Waals surface area contributed by atoms with Crippen molar-refractivity contribution in [3.63, 3.8) is 0 Å². The van der Waals surface area contributed by atoms with Gasteiger partial charge in [0.15, 0.2) is 0 Å². The molecule has 3 heterocycles. The first kappa shape index (κ1) is 22.1. The fourth-order valence-corrected chi connectivity index (χ4v) is 5.81. The van der Waals surface area contributed by atoms with Gasteiger partial charge in [0.25, 0.3) is 5.89 Å². The Bertz CT molecular complexity index is 1090. The molecule has 31 heavy (non-hydrogen) atoms. The summed E-state index contributed by atoms with van der Waals surface area (Å²) in [5, 5.41) is 10.3. The van der Waals surface area contributed by atoms with E-state index in [0.29, 0.717) is 48.8 Å². The Morgan fingerprint density at radius 2 is 1.77 bits per heavy atom. The lowest BCUT2D eigenvalue weighted by Crippen LogP contribution is -2.49. The highest BCUT2D eigenvalue weighted by molar-refractivity contribution is 7.89. The minimum atomic E-state index is -3.49. The highest BCUT2D eigenvalue weighted by Gasteiger charge is 2.32. The van der Waals surface area contributed by atoms with E-state index in [1.807, 2.05) is 36.6 Å². The van der Waals surface area contributed by atoms with Crippen molar-refractivity contribution in [3.8, 4) is 10.8 Å². The molecule has 0 amide bonds. The molecule has 2 atom stereocenters. The Hall–Kier alpha value is -2.07. The highest BCUT2D eigenvalue weighted by atomic mass is 32.2. The second kappa shape index (κ2) is 9.20. The predicted octanol–water partition coefficient (Wildman–Crippen LogP) is 4.38. The summed E-state index contributed by atoms with van der Waals surface area (Å²) in [6.07, 6.45) is 1.03. The number of aromatic nitrogens is 2. The van der Waals surface area contributed by atoms with Crippen LogP contribution in [-0.4, -0.2) is 54.0 Å². The Morgan fingerprint density at radius 3 is 2.39 bits per heavy atom. The first-order valence-electron chi connectivity index (χ1n) is 10.6. The minimum Gasteiger partial charge on any atom is -0.418 e. The van der Waals surface area contributed by atoms with Crippen LogP contribution in [0.5, 0.6) is 0 Å². The fraction of sp³-hybridized carbons (Fsp3) is 0.455. The van der Waals surface area contributed by atoms with E-state index in [1.165, 1.54) is 5.56 Å². The van der Waals surface area contributed by atoms with Gasteiger partial charge in [-0.25, -0.2) is 8.42 Å². The Morgan fingerprint density at radius 1 is 1.06 bits per heavy atom. The number of benzene rings is 1. The van der Waals surface area contributed by atoms with Gasteiger partial charge in [-0.05, 0) is 48.4 Å². The van der Waals surface area contributed by atoms with Crippen LogP contribution in [0.25, 0.3) is 10.8 Å². The second-order valence-electron chi connectivity index (χ2n) is 7.92. The Labute approximate surface area is 187 Å². The van der Waals surface area contributed by atoms with E-state index in [9.17, 15) is 8.42 Å². The van der Waals surface area contributed by atoms with Crippen molar-refractivity contribution in [2.75, 3.05) is 26.2 Å². The zero-order valence-electron chi connectivity index (χ0n) is 18.1. The number of hydrogen-bond donors (Lipinski definition) is 0. The molecule has 0 saturated carbocycles. The molecule has 9 heteroatoms. The molecule has 1 fully saturated rings. The van der Waals surface area contributed by atoms with E-state index in [-0.39, 0.29) is 6.04 Å². The van der Waals surface area contributed by atoms with Crippen LogP contribution in [0, 0.1) is 0 Å². The van der Waals surface area contributed by atoms with Crippen molar-refractivity contribution < 1.29 is 12.8 Å². The van der Waals surface area contributed by atoms with Gasteiger partial charge in [-0.3, -0.25) is 4.90 Å². The fourth-order valence-electron chi connectivity index (χ4n) is 3.74. The average Bonchev–Trinajstić information content (AvgIpc) is 3.50. The van der Waals surface area contributed by atoms with Crippen molar-refractivity contribution in [1.82, 2.24) is 19.4 Å². The molecule has 1 saturated heterocycles. The van der Waals surface area contributed by atoms with Crippen molar-refractivity contribution in [2.24, 2.45) is 0 Å². The van der Waals surface area contributed by atoms with Gasteiger partial charge in [0.2, 0.25) is 15.9 Å². The molecule has 1 aromatic carbocycles. The third-order valence-electron chi connectivity index (χ3n) is 6.05. The van der Waals surface area contributed by atoms with Crippen LogP contribution in [-0.2, 0) is 10.0 Å². The van der Waals surface area contributed by atoms with Crippen molar-refractivity contribution >= 4 is 21.4 Å². The standard InChI is InChI=1S/C22H28N4O3S2/c1-4-16(2)18-7-9-19(10-8-18)31(27,28)26-13-11-25(12-14-26)17(3)21-23-24-22(29-21)20-6-5-15-30-20/h5-10,15-17H,4,11-14H2,1-3H3/t16-,17-/m1/s1. The molecule has 0 spiro atoms. The maximum Gasteiger partial charge on any atom is 0.257 e. The lowest BCUT2D eigenvalue weighted by Gasteiger charge is -2.36. The SMILES string of the molecule is CC[C@@H](C)c1ccc(S(=O)(=O)N2CCN([C@H](C)c3nnc(-c4cccs4)o3)CC2)cc1. The second-order valence-corrected chi connectivity index (χ2v) is 10.8. The van der Waals surface area contributed by atoms with Crippen LogP contribution in [0.1, 0.15) is 50.6 Å². The van der Waals surface area contributed by atoms with Crippen molar-refractivity contribution in [2.45, 2.75) is 44.0 Å². The summed E-state index contributed by atoms with van der Waals surface area (Å²) >= 11 is 1.56. The van der Waals surface area contributed by atoms with Gasteiger partial charge in [-0.1, -0.05) is 32.0 Å². The largest absolute Gasteiger partial charge is 0.418 e. The molecule has 1 aliphatic heterocycles.